The fraction of sp³-hybridized carbons (Fsp3) is 0.0541. The first-order chi connectivity index (χ1) is 19.7. The van der Waals surface area contributed by atoms with Crippen molar-refractivity contribution in [1.82, 2.24) is 9.55 Å². The number of aryl methyl sites for hydroxylation is 1. The Morgan fingerprint density at radius 3 is 2.00 bits per heavy atom. The van der Waals surface area contributed by atoms with Gasteiger partial charge in [0.2, 0.25) is 0 Å². The number of imidazole rings is 1. The molecule has 1 aromatic heterocycles. The molecule has 0 spiro atoms. The Labute approximate surface area is 233 Å². The van der Waals surface area contributed by atoms with E-state index < -0.39 is 0 Å². The minimum atomic E-state index is 0.510. The Balaban J connectivity index is 1.38. The van der Waals surface area contributed by atoms with Crippen molar-refractivity contribution in [3.63, 3.8) is 0 Å². The maximum atomic E-state index is 6.13. The molecule has 0 aliphatic heterocycles. The van der Waals surface area contributed by atoms with E-state index in [0.717, 1.165) is 50.4 Å². The van der Waals surface area contributed by atoms with Gasteiger partial charge in [0.05, 0.1) is 11.0 Å². The van der Waals surface area contributed by atoms with Crippen LogP contribution < -0.4 is 4.74 Å². The molecule has 3 nitrogen and oxygen atoms in total. The van der Waals surface area contributed by atoms with E-state index in [-0.39, 0.29) is 0 Å². The van der Waals surface area contributed by atoms with Crippen LogP contribution in [0.25, 0.3) is 55.7 Å². The first kappa shape index (κ1) is 23.9. The lowest BCUT2D eigenvalue weighted by Crippen LogP contribution is -1.99. The van der Waals surface area contributed by atoms with Crippen molar-refractivity contribution in [2.45, 2.75) is 13.5 Å². The predicted octanol–water partition coefficient (Wildman–Crippen LogP) is 9.53. The van der Waals surface area contributed by atoms with Crippen molar-refractivity contribution < 1.29 is 4.74 Å². The quantitative estimate of drug-likeness (QED) is 0.206. The second-order valence-electron chi connectivity index (χ2n) is 10.2. The highest BCUT2D eigenvalue weighted by atomic mass is 16.5. The molecule has 0 aliphatic carbocycles. The molecule has 0 fully saturated rings. The summed E-state index contributed by atoms with van der Waals surface area (Å²) in [4.78, 5) is 5.30. The maximum Gasteiger partial charge on any atom is 0.145 e. The molecule has 0 unspecified atom stereocenters. The van der Waals surface area contributed by atoms with E-state index in [1.165, 1.54) is 21.7 Å². The van der Waals surface area contributed by atoms with Gasteiger partial charge in [-0.1, -0.05) is 115 Å². The number of benzene rings is 6. The van der Waals surface area contributed by atoms with Crippen LogP contribution in [0.2, 0.25) is 0 Å². The summed E-state index contributed by atoms with van der Waals surface area (Å²) in [6, 6.07) is 42.4. The topological polar surface area (TPSA) is 27.1 Å². The smallest absolute Gasteiger partial charge is 0.145 e. The van der Waals surface area contributed by atoms with Crippen molar-refractivity contribution in [2.24, 2.45) is 0 Å². The highest BCUT2D eigenvalue weighted by Gasteiger charge is 2.20. The number of fused-ring (bicyclic) bond motifs is 6. The number of nitrogens with zero attached hydrogens (tertiary/aromatic N) is 2. The van der Waals surface area contributed by atoms with E-state index in [9.17, 15) is 0 Å². The Kier molecular flexibility index (Phi) is 5.90. The standard InChI is InChI=1S/C37H28N2O/c1-3-26-14-16-27(17-15-26)24-40-30-22-20-29(21-23-30)39-36-34-11-7-5-9-32(34)31-8-4-6-10-33(31)35(36)38-37(39)28-18-12-25(2)13-19-28/h3-23H,1,24H2,2H3. The number of hydrogen-bond acceptors (Lipinski definition) is 2. The van der Waals surface area contributed by atoms with Crippen molar-refractivity contribution in [2.75, 3.05) is 0 Å². The van der Waals surface area contributed by atoms with E-state index >= 15 is 0 Å². The summed E-state index contributed by atoms with van der Waals surface area (Å²) in [7, 11) is 0. The zero-order chi connectivity index (χ0) is 27.1. The van der Waals surface area contributed by atoms with Gasteiger partial charge in [0, 0.05) is 22.0 Å². The molecule has 7 aromatic rings. The molecule has 3 heteroatoms. The average Bonchev–Trinajstić information content (AvgIpc) is 3.42. The Bertz CT molecular complexity index is 2000. The zero-order valence-corrected chi connectivity index (χ0v) is 22.3. The molecule has 0 radical (unpaired) electrons. The summed E-state index contributed by atoms with van der Waals surface area (Å²) in [5.41, 5.74) is 7.69. The molecule has 192 valence electrons. The Morgan fingerprint density at radius 1 is 0.700 bits per heavy atom. The van der Waals surface area contributed by atoms with Crippen LogP contribution >= 0.6 is 0 Å². The molecule has 0 saturated carbocycles. The van der Waals surface area contributed by atoms with Gasteiger partial charge in [0.15, 0.2) is 0 Å². The third-order valence-electron chi connectivity index (χ3n) is 7.56. The molecule has 0 atom stereocenters. The molecule has 0 aliphatic rings. The normalized spacial score (nSPS) is 11.3. The van der Waals surface area contributed by atoms with Gasteiger partial charge in [-0.15, -0.1) is 0 Å². The van der Waals surface area contributed by atoms with Crippen LogP contribution in [-0.2, 0) is 6.61 Å². The first-order valence-electron chi connectivity index (χ1n) is 13.5. The molecular formula is C37H28N2O. The van der Waals surface area contributed by atoms with Crippen molar-refractivity contribution in [1.29, 1.82) is 0 Å². The van der Waals surface area contributed by atoms with Crippen LogP contribution in [-0.4, -0.2) is 9.55 Å². The van der Waals surface area contributed by atoms with Gasteiger partial charge in [-0.05, 0) is 53.1 Å². The number of hydrogen-bond donors (Lipinski definition) is 0. The van der Waals surface area contributed by atoms with Gasteiger partial charge < -0.3 is 4.74 Å². The minimum Gasteiger partial charge on any atom is -0.489 e. The van der Waals surface area contributed by atoms with Crippen LogP contribution in [0.5, 0.6) is 5.75 Å². The van der Waals surface area contributed by atoms with E-state index in [4.69, 9.17) is 9.72 Å². The van der Waals surface area contributed by atoms with Gasteiger partial charge in [0.25, 0.3) is 0 Å². The van der Waals surface area contributed by atoms with E-state index in [0.29, 0.717) is 6.61 Å². The first-order valence-corrected chi connectivity index (χ1v) is 13.5. The molecule has 6 aromatic carbocycles. The van der Waals surface area contributed by atoms with Gasteiger partial charge in [-0.25, -0.2) is 4.98 Å². The second-order valence-corrected chi connectivity index (χ2v) is 10.2. The molecule has 1 heterocycles. The van der Waals surface area contributed by atoms with Crippen LogP contribution in [0.3, 0.4) is 0 Å². The summed E-state index contributed by atoms with van der Waals surface area (Å²) in [6.07, 6.45) is 1.85. The van der Waals surface area contributed by atoms with E-state index in [1.54, 1.807) is 0 Å². The van der Waals surface area contributed by atoms with E-state index in [1.807, 2.05) is 18.2 Å². The summed E-state index contributed by atoms with van der Waals surface area (Å²) in [5.74, 6) is 1.75. The Hall–Kier alpha value is -5.15. The zero-order valence-electron chi connectivity index (χ0n) is 22.3. The van der Waals surface area contributed by atoms with Crippen LogP contribution in [0.1, 0.15) is 16.7 Å². The lowest BCUT2D eigenvalue weighted by atomic mass is 10.00. The molecule has 0 amide bonds. The summed E-state index contributed by atoms with van der Waals surface area (Å²) in [5, 5.41) is 4.79. The Morgan fingerprint density at radius 2 is 1.32 bits per heavy atom. The summed E-state index contributed by atoms with van der Waals surface area (Å²) >= 11 is 0. The highest BCUT2D eigenvalue weighted by molar-refractivity contribution is 6.24. The highest BCUT2D eigenvalue weighted by Crippen LogP contribution is 2.39. The third-order valence-corrected chi connectivity index (χ3v) is 7.56. The van der Waals surface area contributed by atoms with Crippen LogP contribution in [0.4, 0.5) is 0 Å². The molecule has 40 heavy (non-hydrogen) atoms. The largest absolute Gasteiger partial charge is 0.489 e. The van der Waals surface area contributed by atoms with Crippen molar-refractivity contribution >= 4 is 38.7 Å². The van der Waals surface area contributed by atoms with E-state index in [2.05, 4.69) is 127 Å². The number of rotatable bonds is 6. The maximum absolute atomic E-state index is 6.13. The van der Waals surface area contributed by atoms with Gasteiger partial charge in [-0.2, -0.15) is 0 Å². The van der Waals surface area contributed by atoms with Gasteiger partial charge in [0.1, 0.15) is 18.2 Å². The van der Waals surface area contributed by atoms with Crippen molar-refractivity contribution in [3.05, 3.63) is 145 Å². The summed E-state index contributed by atoms with van der Waals surface area (Å²) in [6.45, 7) is 6.45. The fourth-order valence-electron chi connectivity index (χ4n) is 5.46. The molecule has 0 N–H and O–H groups in total. The SMILES string of the molecule is C=Cc1ccc(COc2ccc(-n3c(-c4ccc(C)cc4)nc4c5ccccc5c5ccccc5c43)cc2)cc1. The van der Waals surface area contributed by atoms with Crippen molar-refractivity contribution in [3.8, 4) is 22.8 Å². The van der Waals surface area contributed by atoms with Gasteiger partial charge >= 0.3 is 0 Å². The monoisotopic (exact) mass is 516 g/mol. The van der Waals surface area contributed by atoms with Crippen LogP contribution in [0.15, 0.2) is 128 Å². The average molecular weight is 517 g/mol. The minimum absolute atomic E-state index is 0.510. The molecule has 7 rings (SSSR count). The lowest BCUT2D eigenvalue weighted by Gasteiger charge is -2.13. The lowest BCUT2D eigenvalue weighted by molar-refractivity contribution is 0.306. The molecule has 0 bridgehead atoms. The molecule has 0 saturated heterocycles. The number of aromatic nitrogens is 2. The van der Waals surface area contributed by atoms with Gasteiger partial charge in [-0.3, -0.25) is 4.57 Å². The summed E-state index contributed by atoms with van der Waals surface area (Å²) < 4.78 is 8.43. The fourth-order valence-corrected chi connectivity index (χ4v) is 5.46. The molecular weight excluding hydrogens is 488 g/mol. The second kappa shape index (κ2) is 9.87. The third kappa shape index (κ3) is 4.13. The van der Waals surface area contributed by atoms with Crippen LogP contribution in [0, 0.1) is 6.92 Å². The predicted molar refractivity (Wildman–Crippen MR) is 167 cm³/mol. The number of ether oxygens (including phenoxy) is 1.